The maximum absolute atomic E-state index is 12.6. The van der Waals surface area contributed by atoms with Crippen molar-refractivity contribution in [1.29, 1.82) is 0 Å². The second kappa shape index (κ2) is 5.94. The smallest absolute Gasteiger partial charge is 0.203 e. The highest BCUT2D eigenvalue weighted by atomic mass is 16.3. The van der Waals surface area contributed by atoms with E-state index in [1.807, 2.05) is 13.0 Å². The summed E-state index contributed by atoms with van der Waals surface area (Å²) in [5, 5.41) is 0. The number of hydrogen-bond donors (Lipinski definition) is 0. The number of furan rings is 1. The Kier molecular flexibility index (Phi) is 5.00. The predicted molar refractivity (Wildman–Crippen MR) is 79.7 cm³/mol. The first-order chi connectivity index (χ1) is 8.86. The molecule has 19 heavy (non-hydrogen) atoms. The van der Waals surface area contributed by atoms with E-state index >= 15 is 0 Å². The van der Waals surface area contributed by atoms with E-state index in [1.54, 1.807) is 6.26 Å². The number of carbonyl (C=O) groups excluding carboxylic acids is 1. The normalized spacial score (nSPS) is 12.7. The van der Waals surface area contributed by atoms with E-state index in [1.165, 1.54) is 0 Å². The molecule has 0 spiro atoms. The van der Waals surface area contributed by atoms with Crippen LogP contribution < -0.4 is 0 Å². The molecule has 0 atom stereocenters. The third-order valence-corrected chi connectivity index (χ3v) is 5.19. The maximum atomic E-state index is 12.6. The number of Topliss-reactive ketones (excluding diaryl/α,β-unsaturated/α-hetero) is 1. The minimum Gasteiger partial charge on any atom is -0.461 e. The summed E-state index contributed by atoms with van der Waals surface area (Å²) in [4.78, 5) is 12.6. The van der Waals surface area contributed by atoms with Crippen molar-refractivity contribution in [2.45, 2.75) is 72.6 Å². The molecule has 0 amide bonds. The van der Waals surface area contributed by atoms with Crippen LogP contribution in [0.4, 0.5) is 0 Å². The van der Waals surface area contributed by atoms with Gasteiger partial charge in [-0.05, 0) is 42.7 Å². The van der Waals surface area contributed by atoms with Crippen LogP contribution in [0.25, 0.3) is 0 Å². The Balaban J connectivity index is 3.07. The largest absolute Gasteiger partial charge is 0.461 e. The molecule has 1 aromatic heterocycles. The van der Waals surface area contributed by atoms with Crippen LogP contribution in [-0.2, 0) is 5.41 Å². The van der Waals surface area contributed by atoms with Gasteiger partial charge in [0.15, 0.2) is 5.76 Å². The summed E-state index contributed by atoms with van der Waals surface area (Å²) in [6.45, 7) is 12.7. The Morgan fingerprint density at radius 1 is 1.05 bits per heavy atom. The summed E-state index contributed by atoms with van der Waals surface area (Å²) in [7, 11) is 0. The zero-order chi connectivity index (χ0) is 14.7. The van der Waals surface area contributed by atoms with Crippen LogP contribution in [0.5, 0.6) is 0 Å². The van der Waals surface area contributed by atoms with Gasteiger partial charge in [0.25, 0.3) is 0 Å². The lowest BCUT2D eigenvalue weighted by atomic mass is 9.77. The highest BCUT2D eigenvalue weighted by Gasteiger charge is 2.33. The van der Waals surface area contributed by atoms with Gasteiger partial charge in [-0.15, -0.1) is 0 Å². The number of rotatable bonds is 7. The average molecular weight is 264 g/mol. The van der Waals surface area contributed by atoms with Gasteiger partial charge in [0.2, 0.25) is 5.78 Å². The molecule has 1 heterocycles. The fourth-order valence-electron chi connectivity index (χ4n) is 2.30. The lowest BCUT2D eigenvalue weighted by Crippen LogP contribution is -2.26. The van der Waals surface area contributed by atoms with E-state index in [0.717, 1.165) is 31.2 Å². The summed E-state index contributed by atoms with van der Waals surface area (Å²) >= 11 is 0. The third-order valence-electron chi connectivity index (χ3n) is 5.19. The highest BCUT2D eigenvalue weighted by Crippen LogP contribution is 2.35. The molecule has 0 saturated heterocycles. The van der Waals surface area contributed by atoms with Gasteiger partial charge in [-0.3, -0.25) is 4.79 Å². The number of carbonyl (C=O) groups is 1. The van der Waals surface area contributed by atoms with Crippen LogP contribution in [-0.4, -0.2) is 5.78 Å². The van der Waals surface area contributed by atoms with Crippen molar-refractivity contribution in [2.75, 3.05) is 0 Å². The second-order valence-electron chi connectivity index (χ2n) is 6.06. The fraction of sp³-hybridized carbons (Fsp3) is 0.706. The minimum absolute atomic E-state index is 0.108. The van der Waals surface area contributed by atoms with Gasteiger partial charge >= 0.3 is 0 Å². The first-order valence-corrected chi connectivity index (χ1v) is 7.50. The molecule has 1 rings (SSSR count). The molecule has 1 aromatic rings. The fourth-order valence-corrected chi connectivity index (χ4v) is 2.30. The van der Waals surface area contributed by atoms with E-state index in [4.69, 9.17) is 4.42 Å². The average Bonchev–Trinajstić information content (AvgIpc) is 2.94. The molecule has 0 bridgehead atoms. The minimum atomic E-state index is -0.302. The summed E-state index contributed by atoms with van der Waals surface area (Å²) < 4.78 is 5.58. The summed E-state index contributed by atoms with van der Waals surface area (Å²) in [5.41, 5.74) is 0.955. The lowest BCUT2D eigenvalue weighted by Gasteiger charge is -2.25. The Morgan fingerprint density at radius 2 is 1.58 bits per heavy atom. The Labute approximate surface area is 117 Å². The van der Waals surface area contributed by atoms with Gasteiger partial charge in [-0.1, -0.05) is 41.5 Å². The van der Waals surface area contributed by atoms with E-state index < -0.39 is 0 Å². The highest BCUT2D eigenvalue weighted by molar-refractivity contribution is 5.98. The zero-order valence-corrected chi connectivity index (χ0v) is 13.3. The molecule has 0 saturated carbocycles. The molecule has 0 fully saturated rings. The molecule has 0 aromatic carbocycles. The molecular weight excluding hydrogens is 236 g/mol. The molecular formula is C17H28O2. The SMILES string of the molecule is CCC(C)(CC)C(=O)c1cc(C(C)(CC)CC)co1. The van der Waals surface area contributed by atoms with E-state index in [-0.39, 0.29) is 16.6 Å². The van der Waals surface area contributed by atoms with E-state index in [9.17, 15) is 4.79 Å². The molecule has 0 aliphatic rings. The first-order valence-electron chi connectivity index (χ1n) is 7.50. The van der Waals surface area contributed by atoms with Crippen molar-refractivity contribution in [2.24, 2.45) is 5.41 Å². The Bertz CT molecular complexity index is 420. The van der Waals surface area contributed by atoms with Crippen LogP contribution in [0, 0.1) is 5.41 Å². The van der Waals surface area contributed by atoms with Crippen molar-refractivity contribution in [1.82, 2.24) is 0 Å². The Hall–Kier alpha value is -1.05. The molecule has 2 heteroatoms. The quantitative estimate of drug-likeness (QED) is 0.620. The summed E-state index contributed by atoms with van der Waals surface area (Å²) in [6, 6.07) is 1.96. The van der Waals surface area contributed by atoms with Crippen molar-refractivity contribution < 1.29 is 9.21 Å². The molecule has 0 aliphatic heterocycles. The third kappa shape index (κ3) is 2.93. The van der Waals surface area contributed by atoms with Crippen LogP contribution in [0.1, 0.15) is 83.3 Å². The van der Waals surface area contributed by atoms with Crippen LogP contribution >= 0.6 is 0 Å². The topological polar surface area (TPSA) is 30.2 Å². The molecule has 0 radical (unpaired) electrons. The van der Waals surface area contributed by atoms with Gasteiger partial charge in [-0.25, -0.2) is 0 Å². The van der Waals surface area contributed by atoms with Crippen molar-refractivity contribution >= 4 is 5.78 Å². The summed E-state index contributed by atoms with van der Waals surface area (Å²) in [6.07, 6.45) is 5.56. The van der Waals surface area contributed by atoms with Crippen LogP contribution in [0.2, 0.25) is 0 Å². The molecule has 0 unspecified atom stereocenters. The van der Waals surface area contributed by atoms with E-state index in [2.05, 4.69) is 34.6 Å². The zero-order valence-electron chi connectivity index (χ0n) is 13.3. The first kappa shape index (κ1) is 16.0. The standard InChI is InChI=1S/C17H28O2/c1-7-16(5,8-2)13-11-14(19-12-13)15(18)17(6,9-3)10-4/h11-12H,7-10H2,1-6H3. The molecule has 0 aliphatic carbocycles. The maximum Gasteiger partial charge on any atom is 0.203 e. The molecule has 2 nitrogen and oxygen atoms in total. The van der Waals surface area contributed by atoms with Crippen molar-refractivity contribution in [3.05, 3.63) is 23.7 Å². The number of ketones is 1. The Morgan fingerprint density at radius 3 is 2.00 bits per heavy atom. The van der Waals surface area contributed by atoms with Crippen LogP contribution in [0.15, 0.2) is 16.7 Å². The lowest BCUT2D eigenvalue weighted by molar-refractivity contribution is 0.0772. The number of hydrogen-bond acceptors (Lipinski definition) is 2. The second-order valence-corrected chi connectivity index (χ2v) is 6.06. The molecule has 108 valence electrons. The van der Waals surface area contributed by atoms with Crippen molar-refractivity contribution in [3.63, 3.8) is 0 Å². The van der Waals surface area contributed by atoms with Gasteiger partial charge in [0.1, 0.15) is 0 Å². The van der Waals surface area contributed by atoms with Gasteiger partial charge < -0.3 is 4.42 Å². The van der Waals surface area contributed by atoms with Gasteiger partial charge in [0.05, 0.1) is 6.26 Å². The van der Waals surface area contributed by atoms with Crippen molar-refractivity contribution in [3.8, 4) is 0 Å². The van der Waals surface area contributed by atoms with Crippen LogP contribution in [0.3, 0.4) is 0 Å². The monoisotopic (exact) mass is 264 g/mol. The molecule has 0 N–H and O–H groups in total. The van der Waals surface area contributed by atoms with Gasteiger partial charge in [-0.2, -0.15) is 0 Å². The van der Waals surface area contributed by atoms with E-state index in [0.29, 0.717) is 5.76 Å². The predicted octanol–water partition coefficient (Wildman–Crippen LogP) is 5.37. The summed E-state index contributed by atoms with van der Waals surface area (Å²) in [5.74, 6) is 0.660. The van der Waals surface area contributed by atoms with Gasteiger partial charge in [0, 0.05) is 5.41 Å².